The number of alkyl halides is 16. The molecule has 0 fully saturated rings. The second-order valence-corrected chi connectivity index (χ2v) is 4.99. The number of hydrogen-bond acceptors (Lipinski definition) is 2. The molecule has 0 N–H and O–H groups in total. The molecule has 1 atom stereocenters. The Morgan fingerprint density at radius 2 is 0.964 bits per heavy atom. The summed E-state index contributed by atoms with van der Waals surface area (Å²) in [5.41, 5.74) is -2.91. The third kappa shape index (κ3) is 3.74. The van der Waals surface area contributed by atoms with Crippen LogP contribution in [-0.2, 0) is 4.74 Å². The van der Waals surface area contributed by atoms with E-state index < -0.39 is 53.5 Å². The van der Waals surface area contributed by atoms with Crippen molar-refractivity contribution in [3.05, 3.63) is 0 Å². The summed E-state index contributed by atoms with van der Waals surface area (Å²) in [7, 11) is 0. The molecule has 0 bridgehead atoms. The van der Waals surface area contributed by atoms with Crippen LogP contribution in [0.5, 0.6) is 0 Å². The molecule has 0 rings (SSSR count). The van der Waals surface area contributed by atoms with Gasteiger partial charge in [-0.25, -0.2) is 9.18 Å². The molecule has 19 heteroatoms. The van der Waals surface area contributed by atoms with Gasteiger partial charge < -0.3 is 4.74 Å². The van der Waals surface area contributed by atoms with Gasteiger partial charge in [0, 0.05) is 11.6 Å². The molecule has 0 aromatic rings. The van der Waals surface area contributed by atoms with Gasteiger partial charge in [0.1, 0.15) is 0 Å². The highest BCUT2D eigenvalue weighted by Gasteiger charge is 2.92. The van der Waals surface area contributed by atoms with Crippen LogP contribution in [0.4, 0.5) is 75.0 Å². The fraction of sp³-hybridized carbons (Fsp3) is 0.889. The lowest BCUT2D eigenvalue weighted by molar-refractivity contribution is -0.449. The van der Waals surface area contributed by atoms with Crippen molar-refractivity contribution in [3.63, 3.8) is 0 Å². The highest BCUT2D eigenvalue weighted by molar-refractivity contribution is 6.61. The lowest BCUT2D eigenvalue weighted by Crippen LogP contribution is -2.72. The SMILES string of the molecule is O=C(Cl)OC(F)(F)C(F)C(F)(F)C(F)(F)C(F)(F)C(F)(F)C(F)(F)C(F)(F)F. The molecule has 0 saturated heterocycles. The quantitative estimate of drug-likeness (QED) is 0.329. The van der Waals surface area contributed by atoms with Crippen LogP contribution in [0, 0.1) is 0 Å². The third-order valence-electron chi connectivity index (χ3n) is 2.79. The van der Waals surface area contributed by atoms with E-state index in [1.807, 2.05) is 0 Å². The first-order chi connectivity index (χ1) is 11.8. The zero-order valence-corrected chi connectivity index (χ0v) is 12.6. The van der Waals surface area contributed by atoms with Crippen LogP contribution >= 0.6 is 11.6 Å². The Balaban J connectivity index is 6.43. The Labute approximate surface area is 146 Å². The third-order valence-corrected chi connectivity index (χ3v) is 2.86. The molecular weight excluding hydrogens is 480 g/mol. The van der Waals surface area contributed by atoms with Crippen LogP contribution in [0.15, 0.2) is 0 Å². The Bertz CT molecular complexity index is 595. The average molecular weight is 481 g/mol. The lowest BCUT2D eigenvalue weighted by Gasteiger charge is -2.40. The number of halogens is 17. The molecule has 0 aromatic heterocycles. The predicted octanol–water partition coefficient (Wildman–Crippen LogP) is 6.03. The zero-order valence-electron chi connectivity index (χ0n) is 11.8. The fourth-order valence-electron chi connectivity index (χ4n) is 1.31. The van der Waals surface area contributed by atoms with Gasteiger partial charge in [-0.2, -0.15) is 65.9 Å². The van der Waals surface area contributed by atoms with Gasteiger partial charge >= 0.3 is 47.3 Å². The Morgan fingerprint density at radius 1 is 0.643 bits per heavy atom. The minimum atomic E-state index is -8.48. The fourth-order valence-corrected chi connectivity index (χ4v) is 1.41. The van der Waals surface area contributed by atoms with E-state index in [4.69, 9.17) is 0 Å². The first-order valence-corrected chi connectivity index (χ1v) is 6.06. The van der Waals surface area contributed by atoms with Crippen molar-refractivity contribution in [1.29, 1.82) is 0 Å². The summed E-state index contributed by atoms with van der Waals surface area (Å²) < 4.78 is 205. The van der Waals surface area contributed by atoms with Gasteiger partial charge in [0.2, 0.25) is 0 Å². The van der Waals surface area contributed by atoms with Gasteiger partial charge in [-0.15, -0.1) is 0 Å². The Hall–Kier alpha value is -1.36. The minimum Gasteiger partial charge on any atom is -0.386 e. The van der Waals surface area contributed by atoms with E-state index in [1.165, 1.54) is 0 Å². The number of carbonyl (C=O) groups excluding carboxylic acids is 1. The van der Waals surface area contributed by atoms with Crippen LogP contribution in [0.3, 0.4) is 0 Å². The molecule has 168 valence electrons. The number of rotatable bonds is 7. The van der Waals surface area contributed by atoms with E-state index in [9.17, 15) is 75.0 Å². The topological polar surface area (TPSA) is 26.3 Å². The van der Waals surface area contributed by atoms with Crippen molar-refractivity contribution in [3.8, 4) is 0 Å². The van der Waals surface area contributed by atoms with Gasteiger partial charge in [-0.3, -0.25) is 0 Å². The summed E-state index contributed by atoms with van der Waals surface area (Å²) >= 11 is 4.01. The van der Waals surface area contributed by atoms with Crippen LogP contribution in [0.1, 0.15) is 0 Å². The van der Waals surface area contributed by atoms with Crippen LogP contribution in [0.2, 0.25) is 0 Å². The molecule has 28 heavy (non-hydrogen) atoms. The molecule has 0 amide bonds. The van der Waals surface area contributed by atoms with E-state index in [1.54, 1.807) is 0 Å². The van der Waals surface area contributed by atoms with E-state index >= 15 is 0 Å². The number of ether oxygens (including phenoxy) is 1. The van der Waals surface area contributed by atoms with Crippen molar-refractivity contribution in [2.24, 2.45) is 0 Å². The summed E-state index contributed by atoms with van der Waals surface area (Å²) in [5, 5.41) is 0. The molecular formula is C9HClF16O2. The molecule has 0 aliphatic heterocycles. The number of carbonyl (C=O) groups is 1. The maximum absolute atomic E-state index is 13.1. The normalized spacial score (nSPS) is 16.8. The smallest absolute Gasteiger partial charge is 0.386 e. The number of hydrogen-bond donors (Lipinski definition) is 0. The maximum Gasteiger partial charge on any atom is 0.460 e. The first kappa shape index (κ1) is 26.6. The lowest BCUT2D eigenvalue weighted by atomic mass is 9.91. The van der Waals surface area contributed by atoms with Gasteiger partial charge in [-0.1, -0.05) is 0 Å². The van der Waals surface area contributed by atoms with E-state index in [-0.39, 0.29) is 0 Å². The van der Waals surface area contributed by atoms with Crippen LogP contribution < -0.4 is 0 Å². The first-order valence-electron chi connectivity index (χ1n) is 5.68. The van der Waals surface area contributed by atoms with Crippen molar-refractivity contribution in [1.82, 2.24) is 0 Å². The predicted molar refractivity (Wildman–Crippen MR) is 53.0 cm³/mol. The summed E-state index contributed by atoms with van der Waals surface area (Å²) in [6.45, 7) is 0. The van der Waals surface area contributed by atoms with Crippen molar-refractivity contribution in [2.45, 2.75) is 48.1 Å². The molecule has 0 saturated carbocycles. The van der Waals surface area contributed by atoms with Crippen molar-refractivity contribution < 1.29 is 79.8 Å². The molecule has 0 spiro atoms. The summed E-state index contributed by atoms with van der Waals surface area (Å²) in [4.78, 5) is 9.91. The summed E-state index contributed by atoms with van der Waals surface area (Å²) in [5.74, 6) is -41.1. The standard InChI is InChI=1S/C9HClF16O2/c10-2(27)28-4(14,15)1(11)3(12,13)5(16,17)6(18,19)7(20,21)8(22,23)9(24,25)26/h1H. The van der Waals surface area contributed by atoms with Crippen molar-refractivity contribution >= 4 is 17.0 Å². The van der Waals surface area contributed by atoms with Gasteiger partial charge in [0.15, 0.2) is 0 Å². The largest absolute Gasteiger partial charge is 0.460 e. The molecule has 0 radical (unpaired) electrons. The van der Waals surface area contributed by atoms with Crippen LogP contribution in [-0.4, -0.2) is 53.5 Å². The highest BCUT2D eigenvalue weighted by Crippen LogP contribution is 2.61. The minimum absolute atomic E-state index is 2.25. The van der Waals surface area contributed by atoms with Crippen molar-refractivity contribution in [2.75, 3.05) is 0 Å². The molecule has 2 nitrogen and oxygen atoms in total. The van der Waals surface area contributed by atoms with E-state index in [0.717, 1.165) is 0 Å². The summed E-state index contributed by atoms with van der Waals surface area (Å²) in [6, 6.07) is 0. The molecule has 0 aromatic carbocycles. The van der Waals surface area contributed by atoms with Gasteiger partial charge in [0.25, 0.3) is 6.17 Å². The summed E-state index contributed by atoms with van der Waals surface area (Å²) in [6.07, 6.45) is -20.4. The van der Waals surface area contributed by atoms with E-state index in [2.05, 4.69) is 16.3 Å². The second-order valence-electron chi connectivity index (χ2n) is 4.68. The molecule has 0 aliphatic rings. The molecule has 1 unspecified atom stereocenters. The Kier molecular flexibility index (Phi) is 6.53. The van der Waals surface area contributed by atoms with Crippen LogP contribution in [0.25, 0.3) is 0 Å². The Morgan fingerprint density at radius 3 is 1.25 bits per heavy atom. The highest BCUT2D eigenvalue weighted by atomic mass is 35.5. The van der Waals surface area contributed by atoms with E-state index in [0.29, 0.717) is 0 Å². The maximum atomic E-state index is 13.1. The van der Waals surface area contributed by atoms with Gasteiger partial charge in [-0.05, 0) is 0 Å². The second kappa shape index (κ2) is 6.86. The van der Waals surface area contributed by atoms with Gasteiger partial charge in [0.05, 0.1) is 0 Å². The molecule has 0 aliphatic carbocycles. The average Bonchev–Trinajstić information content (AvgIpc) is 2.42. The monoisotopic (exact) mass is 480 g/mol. The molecule has 0 heterocycles. The zero-order chi connectivity index (χ0) is 23.4.